The predicted molar refractivity (Wildman–Crippen MR) is 73.9 cm³/mol. The second-order valence-corrected chi connectivity index (χ2v) is 4.87. The third-order valence-corrected chi connectivity index (χ3v) is 3.08. The Morgan fingerprint density at radius 3 is 2.65 bits per heavy atom. The highest BCUT2D eigenvalue weighted by Gasteiger charge is 2.15. The van der Waals surface area contributed by atoms with E-state index in [4.69, 9.17) is 11.6 Å². The molecule has 1 aromatic rings. The average Bonchev–Trinajstić information content (AvgIpc) is 2.40. The Kier molecular flexibility index (Phi) is 6.41. The summed E-state index contributed by atoms with van der Waals surface area (Å²) in [5.41, 5.74) is 0.380. The van der Waals surface area contributed by atoms with Gasteiger partial charge in [0.15, 0.2) is 6.54 Å². The first-order valence-electron chi connectivity index (χ1n) is 6.15. The molecule has 0 fully saturated rings. The number of hydrogen-bond acceptors (Lipinski definition) is 2. The summed E-state index contributed by atoms with van der Waals surface area (Å²) in [6, 6.07) is 4.48. The Morgan fingerprint density at radius 1 is 1.35 bits per heavy atom. The second-order valence-electron chi connectivity index (χ2n) is 4.46. The summed E-state index contributed by atoms with van der Waals surface area (Å²) >= 11 is 5.92. The molecule has 0 saturated carbocycles. The molecule has 1 unspecified atom stereocenters. The minimum absolute atomic E-state index is 0.0664. The summed E-state index contributed by atoms with van der Waals surface area (Å²) in [4.78, 5) is 23.3. The molecule has 0 aromatic heterocycles. The van der Waals surface area contributed by atoms with Crippen LogP contribution < -0.4 is 15.5 Å². The monoisotopic (exact) mass is 302 g/mol. The molecular weight excluding hydrogens is 285 g/mol. The van der Waals surface area contributed by atoms with E-state index in [0.717, 1.165) is 4.90 Å². The van der Waals surface area contributed by atoms with Crippen LogP contribution in [0.2, 0.25) is 5.02 Å². The van der Waals surface area contributed by atoms with E-state index in [1.807, 2.05) is 0 Å². The highest BCUT2D eigenvalue weighted by atomic mass is 35.5. The van der Waals surface area contributed by atoms with Crippen molar-refractivity contribution in [1.82, 2.24) is 10.6 Å². The Hall–Kier alpha value is -1.66. The number of carbonyl (C=O) groups excluding carboxylic acids is 2. The highest BCUT2D eigenvalue weighted by Crippen LogP contribution is 2.17. The van der Waals surface area contributed by atoms with Crippen LogP contribution in [0.15, 0.2) is 18.2 Å². The summed E-state index contributed by atoms with van der Waals surface area (Å²) in [6.07, 6.45) is 0. The van der Waals surface area contributed by atoms with Crippen LogP contribution in [0.4, 0.5) is 4.39 Å². The maximum absolute atomic E-state index is 13.6. The van der Waals surface area contributed by atoms with Crippen LogP contribution >= 0.6 is 11.6 Å². The molecule has 0 bridgehead atoms. The molecule has 2 amide bonds. The average molecular weight is 303 g/mol. The van der Waals surface area contributed by atoms with Gasteiger partial charge in [0.2, 0.25) is 5.91 Å². The normalized spacial score (nSPS) is 11.8. The first-order valence-corrected chi connectivity index (χ1v) is 6.53. The third kappa shape index (κ3) is 5.14. The van der Waals surface area contributed by atoms with Gasteiger partial charge in [0, 0.05) is 7.05 Å². The lowest BCUT2D eigenvalue weighted by molar-refractivity contribution is -0.885. The van der Waals surface area contributed by atoms with Crippen molar-refractivity contribution < 1.29 is 18.9 Å². The molecule has 1 aromatic carbocycles. The van der Waals surface area contributed by atoms with Crippen molar-refractivity contribution in [2.24, 2.45) is 0 Å². The molecule has 0 aliphatic rings. The summed E-state index contributed by atoms with van der Waals surface area (Å²) < 4.78 is 13.6. The Balaban J connectivity index is 2.49. The number of quaternary nitrogens is 1. The van der Waals surface area contributed by atoms with E-state index < -0.39 is 0 Å². The molecule has 1 rings (SSSR count). The minimum Gasteiger partial charge on any atom is -0.358 e. The van der Waals surface area contributed by atoms with E-state index in [9.17, 15) is 14.0 Å². The van der Waals surface area contributed by atoms with Gasteiger partial charge in [0.05, 0.1) is 24.2 Å². The van der Waals surface area contributed by atoms with Crippen molar-refractivity contribution in [3.05, 3.63) is 34.6 Å². The van der Waals surface area contributed by atoms with Gasteiger partial charge < -0.3 is 15.5 Å². The number of hydrogen-bond donors (Lipinski definition) is 3. The first-order chi connectivity index (χ1) is 9.43. The Labute approximate surface area is 122 Å². The molecule has 3 N–H and O–H groups in total. The fourth-order valence-electron chi connectivity index (χ4n) is 1.67. The molecule has 5 nitrogen and oxygen atoms in total. The van der Waals surface area contributed by atoms with Crippen LogP contribution in [-0.2, 0) is 16.1 Å². The quantitative estimate of drug-likeness (QED) is 0.654. The summed E-state index contributed by atoms with van der Waals surface area (Å²) in [6.45, 7) is 0.351. The Morgan fingerprint density at radius 2 is 2.05 bits per heavy atom. The maximum atomic E-state index is 13.6. The number of nitrogens with one attached hydrogen (secondary N) is 3. The molecule has 110 valence electrons. The van der Waals surface area contributed by atoms with E-state index in [2.05, 4.69) is 10.6 Å². The lowest BCUT2D eigenvalue weighted by atomic mass is 10.2. The van der Waals surface area contributed by atoms with Gasteiger partial charge in [-0.15, -0.1) is 0 Å². The zero-order valence-electron chi connectivity index (χ0n) is 11.4. The smallest absolute Gasteiger partial charge is 0.275 e. The maximum Gasteiger partial charge on any atom is 0.275 e. The van der Waals surface area contributed by atoms with Gasteiger partial charge >= 0.3 is 0 Å². The first kappa shape index (κ1) is 16.4. The van der Waals surface area contributed by atoms with Gasteiger partial charge in [-0.2, -0.15) is 0 Å². The number of carbonyl (C=O) groups is 2. The zero-order chi connectivity index (χ0) is 15.1. The van der Waals surface area contributed by atoms with E-state index in [0.29, 0.717) is 17.1 Å². The van der Waals surface area contributed by atoms with Crippen LogP contribution in [0.3, 0.4) is 0 Å². The third-order valence-electron chi connectivity index (χ3n) is 2.73. The van der Waals surface area contributed by atoms with Gasteiger partial charge in [0.1, 0.15) is 12.4 Å². The van der Waals surface area contributed by atoms with Crippen LogP contribution in [0.25, 0.3) is 0 Å². The van der Waals surface area contributed by atoms with Crippen molar-refractivity contribution in [2.75, 3.05) is 27.2 Å². The number of likely N-dealkylation sites (N-methyl/N-ethyl adjacent to an activating group) is 2. The minimum atomic E-state index is -0.386. The lowest BCUT2D eigenvalue weighted by Gasteiger charge is -2.15. The molecule has 0 heterocycles. The molecule has 0 saturated heterocycles. The standard InChI is InChI=1S/C13H17ClFN3O2/c1-16-12(19)6-17-13(20)8-18(2)7-9-10(14)4-3-5-11(9)15/h3-5H,6-8H2,1-2H3,(H,16,19)(H,17,20)/p+1. The van der Waals surface area contributed by atoms with Gasteiger partial charge in [-0.3, -0.25) is 9.59 Å². The SMILES string of the molecule is CNC(=O)CNC(=O)C[NH+](C)Cc1c(F)cccc1Cl. The van der Waals surface area contributed by atoms with Gasteiger partial charge in [-0.05, 0) is 12.1 Å². The van der Waals surface area contributed by atoms with Crippen molar-refractivity contribution >= 4 is 23.4 Å². The topological polar surface area (TPSA) is 62.6 Å². The van der Waals surface area contributed by atoms with Crippen molar-refractivity contribution in [3.8, 4) is 0 Å². The zero-order valence-corrected chi connectivity index (χ0v) is 12.2. The van der Waals surface area contributed by atoms with Crippen LogP contribution in [0.1, 0.15) is 5.56 Å². The van der Waals surface area contributed by atoms with E-state index in [-0.39, 0.29) is 30.7 Å². The van der Waals surface area contributed by atoms with E-state index >= 15 is 0 Å². The summed E-state index contributed by atoms with van der Waals surface area (Å²) in [7, 11) is 3.24. The molecule has 0 aliphatic heterocycles. The van der Waals surface area contributed by atoms with Gasteiger partial charge in [-0.25, -0.2) is 4.39 Å². The van der Waals surface area contributed by atoms with Crippen molar-refractivity contribution in [3.63, 3.8) is 0 Å². The molecule has 0 radical (unpaired) electrons. The molecular formula is C13H18ClFN3O2+. The van der Waals surface area contributed by atoms with Gasteiger partial charge in [0.25, 0.3) is 5.91 Å². The largest absolute Gasteiger partial charge is 0.358 e. The summed E-state index contributed by atoms with van der Waals surface area (Å²) in [5, 5.41) is 5.22. The number of halogens is 2. The second kappa shape index (κ2) is 7.81. The lowest BCUT2D eigenvalue weighted by Crippen LogP contribution is -3.09. The van der Waals surface area contributed by atoms with E-state index in [1.165, 1.54) is 19.2 Å². The van der Waals surface area contributed by atoms with Crippen molar-refractivity contribution in [1.29, 1.82) is 0 Å². The van der Waals surface area contributed by atoms with E-state index in [1.54, 1.807) is 13.1 Å². The Bertz CT molecular complexity index is 476. The molecule has 0 spiro atoms. The fourth-order valence-corrected chi connectivity index (χ4v) is 1.90. The molecule has 0 aliphatic carbocycles. The number of rotatable bonds is 6. The fraction of sp³-hybridized carbons (Fsp3) is 0.385. The van der Waals surface area contributed by atoms with Crippen LogP contribution in [0, 0.1) is 5.82 Å². The number of amides is 2. The highest BCUT2D eigenvalue weighted by molar-refractivity contribution is 6.31. The number of benzene rings is 1. The molecule has 1 atom stereocenters. The van der Waals surface area contributed by atoms with Crippen molar-refractivity contribution in [2.45, 2.75) is 6.54 Å². The predicted octanol–water partition coefficient (Wildman–Crippen LogP) is -0.644. The summed E-state index contributed by atoms with van der Waals surface area (Å²) in [5.74, 6) is -0.936. The van der Waals surface area contributed by atoms with Crippen LogP contribution in [0.5, 0.6) is 0 Å². The molecule has 20 heavy (non-hydrogen) atoms. The molecule has 7 heteroatoms. The van der Waals surface area contributed by atoms with Crippen LogP contribution in [-0.4, -0.2) is 39.0 Å². The van der Waals surface area contributed by atoms with Gasteiger partial charge in [-0.1, -0.05) is 17.7 Å².